The Hall–Kier alpha value is -0.680. The number of fused-ring (bicyclic) bond motifs is 5. The van der Waals surface area contributed by atoms with E-state index in [0.29, 0.717) is 31.1 Å². The van der Waals surface area contributed by atoms with Gasteiger partial charge in [0.15, 0.2) is 18.9 Å². The van der Waals surface area contributed by atoms with Crippen LogP contribution in [-0.2, 0) is 28.4 Å². The van der Waals surface area contributed by atoms with Gasteiger partial charge in [-0.3, -0.25) is 0 Å². The maximum atomic E-state index is 12.0. The molecule has 0 bridgehead atoms. The Labute approximate surface area is 384 Å². The minimum atomic E-state index is -1.76. The predicted molar refractivity (Wildman–Crippen MR) is 232 cm³/mol. The minimum absolute atomic E-state index is 0.00811. The Morgan fingerprint density at radius 3 is 1.71 bits per heavy atom. The van der Waals surface area contributed by atoms with E-state index >= 15 is 0 Å². The summed E-state index contributed by atoms with van der Waals surface area (Å²) < 4.78 is 37.5. The molecule has 0 spiro atoms. The second-order valence-electron chi connectivity index (χ2n) is 23.6. The van der Waals surface area contributed by atoms with E-state index in [2.05, 4.69) is 34.6 Å². The van der Waals surface area contributed by atoms with Gasteiger partial charge in [-0.2, -0.15) is 0 Å². The predicted octanol–water partition coefficient (Wildman–Crippen LogP) is 1.22. The highest BCUT2D eigenvalue weighted by molar-refractivity contribution is 5.18. The van der Waals surface area contributed by atoms with Crippen LogP contribution in [0.2, 0.25) is 0 Å². The average molecular weight is 933 g/mol. The molecule has 65 heavy (non-hydrogen) atoms. The second kappa shape index (κ2) is 18.5. The normalized spacial score (nSPS) is 52.8. The fourth-order valence-electron chi connectivity index (χ4n) is 14.9. The van der Waals surface area contributed by atoms with E-state index in [4.69, 9.17) is 28.4 Å². The van der Waals surface area contributed by atoms with Crippen molar-refractivity contribution in [1.82, 2.24) is 0 Å². The molecule has 3 saturated heterocycles. The summed E-state index contributed by atoms with van der Waals surface area (Å²) in [6.07, 6.45) is -15.5. The molecule has 25 atom stereocenters. The van der Waals surface area contributed by atoms with Crippen LogP contribution in [0.15, 0.2) is 0 Å². The third-order valence-electron chi connectivity index (χ3n) is 19.2. The van der Waals surface area contributed by atoms with Crippen molar-refractivity contribution in [3.8, 4) is 0 Å². The number of hydrogen-bond donors (Lipinski definition) is 11. The van der Waals surface area contributed by atoms with Gasteiger partial charge in [0.05, 0.1) is 42.2 Å². The van der Waals surface area contributed by atoms with Crippen molar-refractivity contribution in [1.29, 1.82) is 0 Å². The third kappa shape index (κ3) is 8.93. The molecule has 0 radical (unpaired) electrons. The lowest BCUT2D eigenvalue weighted by Crippen LogP contribution is -2.68. The van der Waals surface area contributed by atoms with Gasteiger partial charge in [0.1, 0.15) is 61.0 Å². The second-order valence-corrected chi connectivity index (χ2v) is 23.6. The lowest BCUT2D eigenvalue weighted by Gasteiger charge is -2.70. The highest BCUT2D eigenvalue weighted by Gasteiger charge is 2.70. The van der Waals surface area contributed by atoms with Crippen LogP contribution in [-0.4, -0.2) is 178 Å². The van der Waals surface area contributed by atoms with Crippen molar-refractivity contribution in [3.05, 3.63) is 0 Å². The van der Waals surface area contributed by atoms with E-state index in [1.807, 2.05) is 6.92 Å². The number of rotatable bonds is 12. The first-order valence-corrected chi connectivity index (χ1v) is 24.5. The molecule has 7 fully saturated rings. The molecule has 0 aromatic rings. The Morgan fingerprint density at radius 2 is 1.15 bits per heavy atom. The van der Waals surface area contributed by atoms with E-state index in [1.54, 1.807) is 13.8 Å². The molecule has 3 heterocycles. The largest absolute Gasteiger partial charge is 0.394 e. The average Bonchev–Trinajstić information content (AvgIpc) is 3.60. The van der Waals surface area contributed by atoms with Gasteiger partial charge in [-0.1, -0.05) is 34.6 Å². The van der Waals surface area contributed by atoms with Crippen LogP contribution in [0.5, 0.6) is 0 Å². The summed E-state index contributed by atoms with van der Waals surface area (Å²) in [6, 6.07) is 0. The Morgan fingerprint density at radius 1 is 0.600 bits per heavy atom. The first kappa shape index (κ1) is 52.2. The van der Waals surface area contributed by atoms with Crippen LogP contribution in [0.25, 0.3) is 0 Å². The fourth-order valence-corrected chi connectivity index (χ4v) is 14.9. The van der Waals surface area contributed by atoms with Gasteiger partial charge in [0.25, 0.3) is 0 Å². The number of aliphatic hydroxyl groups excluding tert-OH is 9. The quantitative estimate of drug-likeness (QED) is 0.123. The highest BCUT2D eigenvalue weighted by Crippen LogP contribution is 2.76. The minimum Gasteiger partial charge on any atom is -0.394 e. The summed E-state index contributed by atoms with van der Waals surface area (Å²) in [7, 11) is 0. The van der Waals surface area contributed by atoms with Crippen molar-refractivity contribution in [2.45, 2.75) is 249 Å². The van der Waals surface area contributed by atoms with Gasteiger partial charge in [-0.15, -0.1) is 0 Å². The maximum Gasteiger partial charge on any atom is 0.187 e. The number of aliphatic hydroxyl groups is 11. The molecule has 17 heteroatoms. The van der Waals surface area contributed by atoms with Crippen LogP contribution in [0.4, 0.5) is 0 Å². The summed E-state index contributed by atoms with van der Waals surface area (Å²) in [6.45, 7) is 19.2. The van der Waals surface area contributed by atoms with Crippen LogP contribution in [0, 0.1) is 45.3 Å². The first-order chi connectivity index (χ1) is 30.0. The van der Waals surface area contributed by atoms with Crippen molar-refractivity contribution < 1.29 is 84.6 Å². The molecule has 17 nitrogen and oxygen atoms in total. The van der Waals surface area contributed by atoms with Gasteiger partial charge >= 0.3 is 0 Å². The van der Waals surface area contributed by atoms with E-state index in [9.17, 15) is 56.2 Å². The Kier molecular flexibility index (Phi) is 14.8. The molecule has 7 rings (SSSR count). The SMILES string of the molecule is C[C@@H]1O[C@@H](O[C@H]2[C@H](O[C@H]3CC[C@@]4(C)[C@H](CC[C@]5(C)[C@@H]4CC[C@@H]4[C@@H]([C@@](C)(O)CC[C@@H](O)C(C)(C)O)CC[C@]45C)C3(C)C)O[C@H](CO)[C@@H](O)[C@@H]2O[C@@H]2O[C@@H](C)[C@H](O)[C@@H](O)[C@H]2O)[C@H](O)[C@H](O)[C@H]1O. The van der Waals surface area contributed by atoms with Gasteiger partial charge < -0.3 is 84.6 Å². The molecule has 0 unspecified atom stereocenters. The van der Waals surface area contributed by atoms with E-state index in [1.165, 1.54) is 13.8 Å². The Bertz CT molecular complexity index is 1630. The summed E-state index contributed by atoms with van der Waals surface area (Å²) in [5, 5.41) is 120. The van der Waals surface area contributed by atoms with Crippen LogP contribution >= 0.6 is 0 Å². The highest BCUT2D eigenvalue weighted by atomic mass is 16.8. The molecule has 378 valence electrons. The molecule has 4 saturated carbocycles. The van der Waals surface area contributed by atoms with Crippen LogP contribution in [0.3, 0.4) is 0 Å². The molecule has 0 aromatic heterocycles. The summed E-state index contributed by atoms with van der Waals surface area (Å²) in [5.41, 5.74) is -2.80. The van der Waals surface area contributed by atoms with E-state index in [0.717, 1.165) is 44.9 Å². The zero-order chi connectivity index (χ0) is 48.1. The van der Waals surface area contributed by atoms with Gasteiger partial charge in [-0.05, 0) is 144 Å². The van der Waals surface area contributed by atoms with Gasteiger partial charge in [0, 0.05) is 0 Å². The maximum absolute atomic E-state index is 12.0. The zero-order valence-electron chi connectivity index (χ0n) is 40.3. The van der Waals surface area contributed by atoms with E-state index < -0.39 is 128 Å². The Balaban J connectivity index is 1.13. The summed E-state index contributed by atoms with van der Waals surface area (Å²) in [4.78, 5) is 0. The number of hydrogen-bond acceptors (Lipinski definition) is 17. The van der Waals surface area contributed by atoms with E-state index in [-0.39, 0.29) is 28.1 Å². The van der Waals surface area contributed by atoms with Crippen LogP contribution < -0.4 is 0 Å². The molecule has 7 aliphatic rings. The van der Waals surface area contributed by atoms with Crippen molar-refractivity contribution in [3.63, 3.8) is 0 Å². The van der Waals surface area contributed by atoms with Crippen molar-refractivity contribution in [2.75, 3.05) is 6.61 Å². The number of ether oxygens (including phenoxy) is 6. The zero-order valence-corrected chi connectivity index (χ0v) is 40.3. The molecule has 3 aliphatic heterocycles. The van der Waals surface area contributed by atoms with Gasteiger partial charge in [0.2, 0.25) is 0 Å². The first-order valence-electron chi connectivity index (χ1n) is 24.5. The molecular formula is C48H84O17. The molecule has 0 aromatic carbocycles. The molecular weight excluding hydrogens is 849 g/mol. The molecule has 4 aliphatic carbocycles. The summed E-state index contributed by atoms with van der Waals surface area (Å²) >= 11 is 0. The fraction of sp³-hybridized carbons (Fsp3) is 1.00. The molecule has 0 amide bonds. The lowest BCUT2D eigenvalue weighted by molar-refractivity contribution is -0.397. The summed E-state index contributed by atoms with van der Waals surface area (Å²) in [5.74, 6) is 0.976. The lowest BCUT2D eigenvalue weighted by atomic mass is 9.35. The van der Waals surface area contributed by atoms with Crippen molar-refractivity contribution >= 4 is 0 Å². The smallest absolute Gasteiger partial charge is 0.187 e. The van der Waals surface area contributed by atoms with Crippen LogP contribution in [0.1, 0.15) is 133 Å². The standard InChI is InChI=1S/C48H84O17/c1-22-31(51)34(54)36(56)40(60-22)64-38-33(53)26(21-49)62-42(39(38)65-41-37(57)35(55)32(52)23(2)61-41)63-30-16-17-45(7)27(43(30,3)4)14-19-47(9)28(45)12-11-24-25(13-18-46(24,47)8)48(10,59)20-15-29(50)44(5,6)58/h22-42,49-59H,11-21H2,1-10H3/t22-,23-,24+,25-,26+,27+,28+,29+,30-,31-,32-,33+,34+,35+,36+,37+,38-,39+,40-,41-,42-,45-,46+,47+,48-/m0/s1. The third-order valence-corrected chi connectivity index (χ3v) is 19.2. The monoisotopic (exact) mass is 933 g/mol. The van der Waals surface area contributed by atoms with Gasteiger partial charge in [-0.25, -0.2) is 0 Å². The topological polar surface area (TPSA) is 278 Å². The molecule has 11 N–H and O–H groups in total. The van der Waals surface area contributed by atoms with Crippen molar-refractivity contribution in [2.24, 2.45) is 45.3 Å².